The van der Waals surface area contributed by atoms with E-state index in [4.69, 9.17) is 5.73 Å². The first-order valence-electron chi connectivity index (χ1n) is 4.68. The number of primary amides is 1. The predicted molar refractivity (Wildman–Crippen MR) is 62.7 cm³/mol. The zero-order valence-corrected chi connectivity index (χ0v) is 10.3. The molecule has 0 aliphatic heterocycles. The summed E-state index contributed by atoms with van der Waals surface area (Å²) in [6, 6.07) is 1.36. The summed E-state index contributed by atoms with van der Waals surface area (Å²) < 4.78 is 0.725. The van der Waals surface area contributed by atoms with Crippen molar-refractivity contribution in [2.45, 2.75) is 19.4 Å². The molecule has 1 aromatic heterocycles. The highest BCUT2D eigenvalue weighted by Crippen LogP contribution is 2.09. The van der Waals surface area contributed by atoms with Crippen molar-refractivity contribution < 1.29 is 9.59 Å². The Hall–Kier alpha value is -1.43. The molecule has 6 heteroatoms. The van der Waals surface area contributed by atoms with Crippen LogP contribution in [0, 0.1) is 0 Å². The van der Waals surface area contributed by atoms with Gasteiger partial charge in [-0.25, -0.2) is 0 Å². The van der Waals surface area contributed by atoms with E-state index in [1.165, 1.54) is 6.20 Å². The van der Waals surface area contributed by atoms with Crippen LogP contribution in [0.1, 0.15) is 23.7 Å². The summed E-state index contributed by atoms with van der Waals surface area (Å²) in [6.07, 6.45) is 3.16. The summed E-state index contributed by atoms with van der Waals surface area (Å²) >= 11 is 3.22. The van der Waals surface area contributed by atoms with Crippen molar-refractivity contribution in [2.75, 3.05) is 0 Å². The minimum Gasteiger partial charge on any atom is -0.370 e. The lowest BCUT2D eigenvalue weighted by molar-refractivity contribution is -0.118. The highest BCUT2D eigenvalue weighted by atomic mass is 79.9. The van der Waals surface area contributed by atoms with Crippen molar-refractivity contribution in [3.05, 3.63) is 28.5 Å². The number of nitrogens with zero attached hydrogens (tertiary/aromatic N) is 1. The number of hydrogen-bond donors (Lipinski definition) is 2. The number of carbonyl (C=O) groups excluding carboxylic acids is 2. The van der Waals surface area contributed by atoms with Crippen molar-refractivity contribution in [2.24, 2.45) is 5.73 Å². The summed E-state index contributed by atoms with van der Waals surface area (Å²) in [7, 11) is 0. The normalized spacial score (nSPS) is 11.9. The Balaban J connectivity index is 2.62. The number of aromatic nitrogens is 1. The fourth-order valence-corrected chi connectivity index (χ4v) is 1.56. The molecular formula is C10H12BrN3O2. The zero-order valence-electron chi connectivity index (χ0n) is 8.74. The highest BCUT2D eigenvalue weighted by Gasteiger charge is 2.11. The van der Waals surface area contributed by atoms with Gasteiger partial charge >= 0.3 is 0 Å². The monoisotopic (exact) mass is 285 g/mol. The Morgan fingerprint density at radius 2 is 2.25 bits per heavy atom. The molecule has 2 amide bonds. The fraction of sp³-hybridized carbons (Fsp3) is 0.300. The van der Waals surface area contributed by atoms with Gasteiger partial charge in [0.25, 0.3) is 5.91 Å². The van der Waals surface area contributed by atoms with E-state index in [2.05, 4.69) is 26.2 Å². The molecule has 1 heterocycles. The van der Waals surface area contributed by atoms with Crippen LogP contribution in [0.5, 0.6) is 0 Å². The van der Waals surface area contributed by atoms with Gasteiger partial charge in [0.2, 0.25) is 5.91 Å². The average molecular weight is 286 g/mol. The van der Waals surface area contributed by atoms with Crippen LogP contribution in [-0.2, 0) is 4.79 Å². The van der Waals surface area contributed by atoms with E-state index in [1.54, 1.807) is 19.2 Å². The van der Waals surface area contributed by atoms with E-state index in [0.717, 1.165) is 4.47 Å². The van der Waals surface area contributed by atoms with Crippen molar-refractivity contribution in [3.8, 4) is 0 Å². The van der Waals surface area contributed by atoms with Crippen LogP contribution in [0.15, 0.2) is 22.9 Å². The Morgan fingerprint density at radius 3 is 2.81 bits per heavy atom. The van der Waals surface area contributed by atoms with E-state index >= 15 is 0 Å². The molecule has 0 saturated carbocycles. The highest BCUT2D eigenvalue weighted by molar-refractivity contribution is 9.10. The summed E-state index contributed by atoms with van der Waals surface area (Å²) in [6.45, 7) is 1.72. The number of carbonyl (C=O) groups is 2. The Bertz CT molecular complexity index is 409. The van der Waals surface area contributed by atoms with Crippen LogP contribution in [0.25, 0.3) is 0 Å². The molecule has 1 aromatic rings. The molecule has 86 valence electrons. The largest absolute Gasteiger partial charge is 0.370 e. The van der Waals surface area contributed by atoms with Gasteiger partial charge in [-0.2, -0.15) is 0 Å². The van der Waals surface area contributed by atoms with Gasteiger partial charge in [0.1, 0.15) is 0 Å². The second-order valence-corrected chi connectivity index (χ2v) is 4.35. The minimum atomic E-state index is -0.444. The number of nitrogens with one attached hydrogen (secondary N) is 1. The van der Waals surface area contributed by atoms with Gasteiger partial charge in [0, 0.05) is 29.3 Å². The maximum absolute atomic E-state index is 11.7. The molecule has 16 heavy (non-hydrogen) atoms. The lowest BCUT2D eigenvalue weighted by Gasteiger charge is -2.11. The summed E-state index contributed by atoms with van der Waals surface area (Å²) in [4.78, 5) is 26.2. The van der Waals surface area contributed by atoms with E-state index in [-0.39, 0.29) is 18.4 Å². The molecule has 1 atom stereocenters. The van der Waals surface area contributed by atoms with Crippen LogP contribution in [0.2, 0.25) is 0 Å². The number of nitrogens with two attached hydrogens (primary N) is 1. The quantitative estimate of drug-likeness (QED) is 0.860. The molecule has 0 fully saturated rings. The van der Waals surface area contributed by atoms with E-state index < -0.39 is 5.91 Å². The van der Waals surface area contributed by atoms with Gasteiger partial charge < -0.3 is 11.1 Å². The second-order valence-electron chi connectivity index (χ2n) is 3.44. The van der Waals surface area contributed by atoms with Crippen LogP contribution in [0.3, 0.4) is 0 Å². The summed E-state index contributed by atoms with van der Waals surface area (Å²) in [5.41, 5.74) is 5.46. The fourth-order valence-electron chi connectivity index (χ4n) is 1.20. The molecule has 0 spiro atoms. The number of pyridine rings is 1. The molecule has 3 N–H and O–H groups in total. The molecule has 0 bridgehead atoms. The Labute approximate surface area is 102 Å². The van der Waals surface area contributed by atoms with E-state index in [0.29, 0.717) is 5.56 Å². The van der Waals surface area contributed by atoms with Gasteiger partial charge in [0.15, 0.2) is 0 Å². The number of amides is 2. The maximum Gasteiger partial charge on any atom is 0.253 e. The first-order chi connectivity index (χ1) is 7.49. The average Bonchev–Trinajstić information content (AvgIpc) is 2.16. The Kier molecular flexibility index (Phi) is 4.42. The van der Waals surface area contributed by atoms with Crippen LogP contribution >= 0.6 is 15.9 Å². The third kappa shape index (κ3) is 3.98. The van der Waals surface area contributed by atoms with Crippen LogP contribution in [0.4, 0.5) is 0 Å². The van der Waals surface area contributed by atoms with Gasteiger partial charge in [0.05, 0.1) is 5.56 Å². The van der Waals surface area contributed by atoms with Gasteiger partial charge in [-0.05, 0) is 28.9 Å². The van der Waals surface area contributed by atoms with Gasteiger partial charge in [-0.15, -0.1) is 0 Å². The van der Waals surface area contributed by atoms with Crippen molar-refractivity contribution in [3.63, 3.8) is 0 Å². The van der Waals surface area contributed by atoms with E-state index in [9.17, 15) is 9.59 Å². The zero-order chi connectivity index (χ0) is 12.1. The lowest BCUT2D eigenvalue weighted by atomic mass is 10.2. The topological polar surface area (TPSA) is 85.1 Å². The standard InChI is InChI=1S/C10H12BrN3O2/c1-6(2-9(12)15)14-10(16)7-3-8(11)5-13-4-7/h3-6H,2H2,1H3,(H2,12,15)(H,14,16). The maximum atomic E-state index is 11.7. The molecule has 0 radical (unpaired) electrons. The first-order valence-corrected chi connectivity index (χ1v) is 5.48. The Morgan fingerprint density at radius 1 is 1.56 bits per heavy atom. The molecule has 1 unspecified atom stereocenters. The van der Waals surface area contributed by atoms with Crippen molar-refractivity contribution >= 4 is 27.7 Å². The third-order valence-corrected chi connectivity index (χ3v) is 2.29. The van der Waals surface area contributed by atoms with Crippen LogP contribution < -0.4 is 11.1 Å². The number of hydrogen-bond acceptors (Lipinski definition) is 3. The van der Waals surface area contributed by atoms with Crippen molar-refractivity contribution in [1.29, 1.82) is 0 Å². The number of rotatable bonds is 4. The molecule has 0 saturated heterocycles. The first kappa shape index (κ1) is 12.6. The minimum absolute atomic E-state index is 0.118. The van der Waals surface area contributed by atoms with Crippen LogP contribution in [-0.4, -0.2) is 22.8 Å². The SMILES string of the molecule is CC(CC(N)=O)NC(=O)c1cncc(Br)c1. The lowest BCUT2D eigenvalue weighted by Crippen LogP contribution is -2.35. The molecule has 5 nitrogen and oxygen atoms in total. The molecule has 0 aromatic carbocycles. The number of halogens is 1. The smallest absolute Gasteiger partial charge is 0.253 e. The van der Waals surface area contributed by atoms with Crippen molar-refractivity contribution in [1.82, 2.24) is 10.3 Å². The summed E-state index contributed by atoms with van der Waals surface area (Å²) in [5.74, 6) is -0.720. The molecule has 1 rings (SSSR count). The molecule has 0 aliphatic carbocycles. The molecule has 0 aliphatic rings. The molecular weight excluding hydrogens is 274 g/mol. The summed E-state index contributed by atoms with van der Waals surface area (Å²) in [5, 5.41) is 2.65. The third-order valence-electron chi connectivity index (χ3n) is 1.85. The van der Waals surface area contributed by atoms with E-state index in [1.807, 2.05) is 0 Å². The van der Waals surface area contributed by atoms with Gasteiger partial charge in [-0.3, -0.25) is 14.6 Å². The van der Waals surface area contributed by atoms with Gasteiger partial charge in [-0.1, -0.05) is 0 Å². The predicted octanol–water partition coefficient (Wildman–Crippen LogP) is 0.838. The second kappa shape index (κ2) is 5.60.